The number of piperidine rings is 2. The molecule has 3 aromatic rings. The molecule has 2 aliphatic heterocycles. The number of aryl methyl sites for hydroxylation is 1. The monoisotopic (exact) mass is 420 g/mol. The summed E-state index contributed by atoms with van der Waals surface area (Å²) in [6.07, 6.45) is 7.06. The molecule has 31 heavy (non-hydrogen) atoms. The highest BCUT2D eigenvalue weighted by molar-refractivity contribution is 5.94. The summed E-state index contributed by atoms with van der Waals surface area (Å²) in [5.41, 5.74) is 1.32. The van der Waals surface area contributed by atoms with Crippen molar-refractivity contribution in [3.8, 4) is 5.88 Å². The van der Waals surface area contributed by atoms with Crippen LogP contribution in [0.2, 0.25) is 0 Å². The third-order valence-electron chi connectivity index (χ3n) is 6.17. The first-order valence-electron chi connectivity index (χ1n) is 11.1. The van der Waals surface area contributed by atoms with Gasteiger partial charge in [-0.1, -0.05) is 18.2 Å². The van der Waals surface area contributed by atoms with Crippen molar-refractivity contribution in [1.29, 1.82) is 0 Å². The van der Waals surface area contributed by atoms with E-state index in [9.17, 15) is 5.11 Å². The van der Waals surface area contributed by atoms with Gasteiger partial charge < -0.3 is 19.5 Å². The number of hydrogen-bond acceptors (Lipinski definition) is 8. The zero-order chi connectivity index (χ0) is 21.2. The molecule has 5 rings (SSSR count). The number of anilines is 2. The van der Waals surface area contributed by atoms with E-state index in [2.05, 4.69) is 30.0 Å². The van der Waals surface area contributed by atoms with Crippen molar-refractivity contribution < 1.29 is 5.11 Å². The zero-order valence-corrected chi connectivity index (χ0v) is 17.9. The molecule has 0 atom stereocenters. The average molecular weight is 421 g/mol. The molecule has 9 nitrogen and oxygen atoms in total. The molecule has 2 aliphatic rings. The van der Waals surface area contributed by atoms with Gasteiger partial charge in [0.15, 0.2) is 5.69 Å². The minimum atomic E-state index is 0.0755. The Kier molecular flexibility index (Phi) is 5.40. The number of benzene rings is 1. The number of rotatable bonds is 4. The smallest absolute Gasteiger partial charge is 0.275 e. The van der Waals surface area contributed by atoms with Crippen molar-refractivity contribution in [2.45, 2.75) is 38.5 Å². The number of nitrogens with zero attached hydrogens (tertiary/aromatic N) is 8. The minimum Gasteiger partial charge on any atom is -0.493 e. The molecule has 1 aromatic carbocycles. The van der Waals surface area contributed by atoms with Crippen LogP contribution in [0.5, 0.6) is 5.88 Å². The van der Waals surface area contributed by atoms with Gasteiger partial charge in [-0.2, -0.15) is 15.0 Å². The summed E-state index contributed by atoms with van der Waals surface area (Å²) in [5, 5.41) is 20.1. The molecule has 0 spiro atoms. The molecule has 0 unspecified atom stereocenters. The van der Waals surface area contributed by atoms with Crippen molar-refractivity contribution in [3.05, 3.63) is 24.3 Å². The summed E-state index contributed by atoms with van der Waals surface area (Å²) < 4.78 is 1.70. The molecule has 2 saturated heterocycles. The van der Waals surface area contributed by atoms with Crippen LogP contribution in [0.3, 0.4) is 0 Å². The number of aromatic nitrogens is 4. The maximum atomic E-state index is 10.6. The summed E-state index contributed by atoms with van der Waals surface area (Å²) >= 11 is 0. The Bertz CT molecular complexity index is 1060. The van der Waals surface area contributed by atoms with Gasteiger partial charge in [-0.3, -0.25) is 0 Å². The van der Waals surface area contributed by atoms with Gasteiger partial charge in [0.25, 0.3) is 5.95 Å². The highest BCUT2D eigenvalue weighted by Crippen LogP contribution is 2.38. The summed E-state index contributed by atoms with van der Waals surface area (Å²) in [5.74, 6) is 1.70. The van der Waals surface area contributed by atoms with E-state index >= 15 is 0 Å². The average Bonchev–Trinajstić information content (AvgIpc) is 3.08. The summed E-state index contributed by atoms with van der Waals surface area (Å²) in [6, 6.07) is 7.73. The molecule has 0 amide bonds. The Morgan fingerprint density at radius 1 is 0.774 bits per heavy atom. The summed E-state index contributed by atoms with van der Waals surface area (Å²) in [7, 11) is 1.81. The fourth-order valence-corrected chi connectivity index (χ4v) is 4.41. The maximum absolute atomic E-state index is 10.6. The Labute approximate surface area is 181 Å². The lowest BCUT2D eigenvalue weighted by Crippen LogP contribution is -2.34. The van der Waals surface area contributed by atoms with E-state index in [1.165, 1.54) is 12.8 Å². The highest BCUT2D eigenvalue weighted by atomic mass is 16.3. The van der Waals surface area contributed by atoms with Crippen molar-refractivity contribution in [2.24, 2.45) is 17.3 Å². The first kappa shape index (κ1) is 19.7. The number of fused-ring (bicyclic) bond motifs is 1. The molecule has 4 heterocycles. The first-order valence-corrected chi connectivity index (χ1v) is 11.1. The number of aromatic hydroxyl groups is 1. The minimum absolute atomic E-state index is 0.0755. The lowest BCUT2D eigenvalue weighted by atomic mass is 10.1. The van der Waals surface area contributed by atoms with Gasteiger partial charge in [0, 0.05) is 38.6 Å². The molecule has 162 valence electrons. The van der Waals surface area contributed by atoms with E-state index in [1.54, 1.807) is 4.57 Å². The van der Waals surface area contributed by atoms with E-state index in [4.69, 9.17) is 4.98 Å². The van der Waals surface area contributed by atoms with Crippen molar-refractivity contribution in [3.63, 3.8) is 0 Å². The third-order valence-corrected chi connectivity index (χ3v) is 6.17. The predicted octanol–water partition coefficient (Wildman–Crippen LogP) is 4.46. The van der Waals surface area contributed by atoms with Crippen molar-refractivity contribution in [2.75, 3.05) is 36.0 Å². The van der Waals surface area contributed by atoms with Crippen LogP contribution < -0.4 is 9.80 Å². The third kappa shape index (κ3) is 3.92. The molecule has 0 saturated carbocycles. The van der Waals surface area contributed by atoms with Crippen LogP contribution in [-0.2, 0) is 7.05 Å². The quantitative estimate of drug-likeness (QED) is 0.626. The predicted molar refractivity (Wildman–Crippen MR) is 121 cm³/mol. The molecule has 9 heteroatoms. The van der Waals surface area contributed by atoms with Gasteiger partial charge in [0.1, 0.15) is 0 Å². The summed E-state index contributed by atoms with van der Waals surface area (Å²) in [4.78, 5) is 18.4. The van der Waals surface area contributed by atoms with Gasteiger partial charge in [-0.05, 0) is 44.6 Å². The van der Waals surface area contributed by atoms with Crippen molar-refractivity contribution >= 4 is 34.4 Å². The van der Waals surface area contributed by atoms with E-state index in [0.717, 1.165) is 62.8 Å². The van der Waals surface area contributed by atoms with Crippen LogP contribution in [0.4, 0.5) is 23.5 Å². The fourth-order valence-electron chi connectivity index (χ4n) is 4.41. The normalized spacial score (nSPS) is 17.7. The number of hydrogen-bond donors (Lipinski definition) is 1. The van der Waals surface area contributed by atoms with Crippen LogP contribution >= 0.6 is 0 Å². The molecular formula is C22H28N8O. The number of para-hydroxylation sites is 1. The summed E-state index contributed by atoms with van der Waals surface area (Å²) in [6.45, 7) is 3.79. The van der Waals surface area contributed by atoms with Crippen LogP contribution in [0.15, 0.2) is 34.5 Å². The second-order valence-corrected chi connectivity index (χ2v) is 8.28. The van der Waals surface area contributed by atoms with Crippen molar-refractivity contribution in [1.82, 2.24) is 19.5 Å². The zero-order valence-electron chi connectivity index (χ0n) is 17.9. The molecule has 0 radical (unpaired) electrons. The highest BCUT2D eigenvalue weighted by Gasteiger charge is 2.21. The molecule has 0 bridgehead atoms. The standard InChI is InChI=1S/C22H28N8O/c1-28-17-11-5-4-10-16(17)18(19(28)31)26-27-20-23-21(29-12-6-2-7-13-29)25-22(24-20)30-14-8-3-9-15-30/h4-5,10-11,31H,2-3,6-9,12-15H2,1H3. The molecular weight excluding hydrogens is 392 g/mol. The SMILES string of the molecule is Cn1c(O)c(N=Nc2nc(N3CCCCC3)nc(N3CCCCC3)n2)c2ccccc21. The Balaban J connectivity index is 1.52. The van der Waals surface area contributed by atoms with E-state index in [1.807, 2.05) is 31.3 Å². The van der Waals surface area contributed by atoms with Crippen LogP contribution in [0.25, 0.3) is 10.9 Å². The van der Waals surface area contributed by atoms with E-state index in [-0.39, 0.29) is 11.8 Å². The van der Waals surface area contributed by atoms with Crippen LogP contribution in [0, 0.1) is 0 Å². The van der Waals surface area contributed by atoms with Gasteiger partial charge in [0.05, 0.1) is 5.52 Å². The molecule has 2 fully saturated rings. The Hall–Kier alpha value is -3.23. The lowest BCUT2D eigenvalue weighted by Gasteiger charge is -2.29. The topological polar surface area (TPSA) is 95.0 Å². The second-order valence-electron chi connectivity index (χ2n) is 8.28. The lowest BCUT2D eigenvalue weighted by molar-refractivity contribution is 0.436. The van der Waals surface area contributed by atoms with Crippen LogP contribution in [-0.4, -0.2) is 50.8 Å². The number of azo groups is 1. The second kappa shape index (κ2) is 8.49. The molecule has 1 N–H and O–H groups in total. The van der Waals surface area contributed by atoms with Gasteiger partial charge in [-0.25, -0.2) is 0 Å². The van der Waals surface area contributed by atoms with E-state index in [0.29, 0.717) is 17.6 Å². The Morgan fingerprint density at radius 3 is 1.97 bits per heavy atom. The molecule has 2 aromatic heterocycles. The van der Waals surface area contributed by atoms with Crippen LogP contribution in [0.1, 0.15) is 38.5 Å². The Morgan fingerprint density at radius 2 is 1.35 bits per heavy atom. The van der Waals surface area contributed by atoms with Gasteiger partial charge >= 0.3 is 0 Å². The largest absolute Gasteiger partial charge is 0.493 e. The van der Waals surface area contributed by atoms with E-state index < -0.39 is 0 Å². The fraction of sp³-hybridized carbons (Fsp3) is 0.500. The van der Waals surface area contributed by atoms with Gasteiger partial charge in [0.2, 0.25) is 17.8 Å². The maximum Gasteiger partial charge on any atom is 0.275 e. The van der Waals surface area contributed by atoms with Gasteiger partial charge in [-0.15, -0.1) is 10.2 Å². The molecule has 0 aliphatic carbocycles. The first-order chi connectivity index (χ1) is 15.2.